The number of sulfonamides is 1. The Hall–Kier alpha value is -2.28. The van der Waals surface area contributed by atoms with E-state index in [1.165, 1.54) is 10.6 Å². The van der Waals surface area contributed by atoms with Gasteiger partial charge in [0.05, 0.1) is 24.8 Å². The number of benzene rings is 1. The van der Waals surface area contributed by atoms with E-state index in [1.807, 2.05) is 6.92 Å². The monoisotopic (exact) mass is 334 g/mol. The first-order chi connectivity index (χ1) is 10.9. The van der Waals surface area contributed by atoms with Crippen molar-refractivity contribution in [2.75, 3.05) is 10.6 Å². The maximum absolute atomic E-state index is 12.2. The van der Waals surface area contributed by atoms with E-state index in [2.05, 4.69) is 5.32 Å². The number of nitrogens with zero attached hydrogens (tertiary/aromatic N) is 1. The molecule has 7 heteroatoms. The second-order valence-electron chi connectivity index (χ2n) is 5.72. The van der Waals surface area contributed by atoms with Crippen molar-refractivity contribution in [1.82, 2.24) is 5.32 Å². The van der Waals surface area contributed by atoms with Crippen LogP contribution in [0.4, 0.5) is 5.69 Å². The van der Waals surface area contributed by atoms with Gasteiger partial charge in [0.25, 0.3) is 5.91 Å². The molecule has 2 heterocycles. The van der Waals surface area contributed by atoms with E-state index in [-0.39, 0.29) is 11.9 Å². The summed E-state index contributed by atoms with van der Waals surface area (Å²) in [7, 11) is -3.32. The fraction of sp³-hybridized carbons (Fsp3) is 0.312. The maximum Gasteiger partial charge on any atom is 0.251 e. The van der Waals surface area contributed by atoms with Gasteiger partial charge in [-0.3, -0.25) is 9.10 Å². The zero-order valence-electron chi connectivity index (χ0n) is 12.9. The van der Waals surface area contributed by atoms with Gasteiger partial charge in [-0.1, -0.05) is 0 Å². The molecule has 23 heavy (non-hydrogen) atoms. The summed E-state index contributed by atoms with van der Waals surface area (Å²) < 4.78 is 30.4. The van der Waals surface area contributed by atoms with Gasteiger partial charge in [-0.05, 0) is 49.2 Å². The summed E-state index contributed by atoms with van der Waals surface area (Å²) >= 11 is 0. The molecular formula is C16H18N2O4S. The number of furan rings is 1. The van der Waals surface area contributed by atoms with Gasteiger partial charge in [-0.2, -0.15) is 0 Å². The van der Waals surface area contributed by atoms with E-state index >= 15 is 0 Å². The maximum atomic E-state index is 12.2. The zero-order chi connectivity index (χ0) is 16.6. The highest BCUT2D eigenvalue weighted by Gasteiger charge is 2.32. The van der Waals surface area contributed by atoms with Crippen LogP contribution in [0.3, 0.4) is 0 Å². The summed E-state index contributed by atoms with van der Waals surface area (Å²) in [6, 6.07) is 8.51. The number of fused-ring (bicyclic) bond motifs is 1. The third-order valence-corrected chi connectivity index (χ3v) is 5.13. The summed E-state index contributed by atoms with van der Waals surface area (Å²) in [5.74, 6) is 0.464. The lowest BCUT2D eigenvalue weighted by molar-refractivity contribution is 0.0948. The Bertz CT molecular complexity index is 828. The number of hydrogen-bond donors (Lipinski definition) is 1. The predicted molar refractivity (Wildman–Crippen MR) is 86.8 cm³/mol. The molecule has 0 saturated carbocycles. The number of carbonyl (C=O) groups excluding carboxylic acids is 1. The van der Waals surface area contributed by atoms with Crippen LogP contribution in [0.1, 0.15) is 28.6 Å². The van der Waals surface area contributed by atoms with Gasteiger partial charge in [-0.15, -0.1) is 0 Å². The largest absolute Gasteiger partial charge is 0.467 e. The van der Waals surface area contributed by atoms with E-state index in [9.17, 15) is 13.2 Å². The van der Waals surface area contributed by atoms with Gasteiger partial charge in [0, 0.05) is 11.6 Å². The van der Waals surface area contributed by atoms with Crippen LogP contribution in [0.2, 0.25) is 0 Å². The predicted octanol–water partition coefficient (Wildman–Crippen LogP) is 1.92. The van der Waals surface area contributed by atoms with Gasteiger partial charge in [0.15, 0.2) is 0 Å². The molecule has 122 valence electrons. The lowest BCUT2D eigenvalue weighted by Crippen LogP contribution is -2.34. The van der Waals surface area contributed by atoms with E-state index in [1.54, 1.807) is 36.6 Å². The minimum atomic E-state index is -3.32. The first kappa shape index (κ1) is 15.6. The molecule has 1 amide bonds. The van der Waals surface area contributed by atoms with Gasteiger partial charge in [-0.25, -0.2) is 8.42 Å². The molecule has 1 aromatic carbocycles. The minimum absolute atomic E-state index is 0.138. The normalized spacial score (nSPS) is 17.1. The molecule has 0 aliphatic carbocycles. The summed E-state index contributed by atoms with van der Waals surface area (Å²) in [6.45, 7) is 2.17. The number of amides is 1. The molecule has 0 spiro atoms. The third-order valence-electron chi connectivity index (χ3n) is 3.86. The van der Waals surface area contributed by atoms with Crippen LogP contribution < -0.4 is 9.62 Å². The third kappa shape index (κ3) is 3.10. The summed E-state index contributed by atoms with van der Waals surface area (Å²) in [4.78, 5) is 12.2. The van der Waals surface area contributed by atoms with E-state index in [4.69, 9.17) is 4.42 Å². The molecule has 0 saturated heterocycles. The Morgan fingerprint density at radius 2 is 2.17 bits per heavy atom. The second-order valence-corrected chi connectivity index (χ2v) is 7.58. The van der Waals surface area contributed by atoms with Crippen LogP contribution in [0, 0.1) is 0 Å². The van der Waals surface area contributed by atoms with Crippen LogP contribution in [0.15, 0.2) is 41.0 Å². The number of anilines is 1. The number of rotatable bonds is 4. The molecule has 2 aromatic rings. The molecular weight excluding hydrogens is 316 g/mol. The molecule has 0 fully saturated rings. The van der Waals surface area contributed by atoms with Crippen LogP contribution in [-0.2, 0) is 23.0 Å². The SMILES string of the molecule is CC1Cc2cc(C(=O)NCc3ccco3)ccc2N1S(C)(=O)=O. The fourth-order valence-electron chi connectivity index (χ4n) is 2.93. The Balaban J connectivity index is 1.79. The quantitative estimate of drug-likeness (QED) is 0.926. The number of hydrogen-bond acceptors (Lipinski definition) is 4. The average Bonchev–Trinajstić information content (AvgIpc) is 3.09. The molecule has 1 aliphatic heterocycles. The molecule has 1 aromatic heterocycles. The first-order valence-corrected chi connectivity index (χ1v) is 9.14. The lowest BCUT2D eigenvalue weighted by atomic mass is 10.1. The zero-order valence-corrected chi connectivity index (χ0v) is 13.8. The molecule has 3 rings (SSSR count). The van der Waals surface area contributed by atoms with Crippen molar-refractivity contribution in [3.63, 3.8) is 0 Å². The summed E-state index contributed by atoms with van der Waals surface area (Å²) in [5, 5.41) is 2.78. The minimum Gasteiger partial charge on any atom is -0.467 e. The smallest absolute Gasteiger partial charge is 0.251 e. The molecule has 1 atom stereocenters. The van der Waals surface area contributed by atoms with Crippen LogP contribution in [0.5, 0.6) is 0 Å². The first-order valence-electron chi connectivity index (χ1n) is 7.29. The van der Waals surface area contributed by atoms with E-state index in [0.29, 0.717) is 30.0 Å². The van der Waals surface area contributed by atoms with Gasteiger partial charge in [0.1, 0.15) is 5.76 Å². The Morgan fingerprint density at radius 3 is 2.83 bits per heavy atom. The molecule has 6 nitrogen and oxygen atoms in total. The van der Waals surface area contributed by atoms with Crippen molar-refractivity contribution < 1.29 is 17.6 Å². The van der Waals surface area contributed by atoms with Gasteiger partial charge in [0.2, 0.25) is 10.0 Å². The van der Waals surface area contributed by atoms with E-state index < -0.39 is 10.0 Å². The van der Waals surface area contributed by atoms with Crippen LogP contribution in [-0.4, -0.2) is 26.6 Å². The Kier molecular flexibility index (Phi) is 3.89. The van der Waals surface area contributed by atoms with Crippen molar-refractivity contribution in [1.29, 1.82) is 0 Å². The van der Waals surface area contributed by atoms with E-state index in [0.717, 1.165) is 5.56 Å². The molecule has 1 N–H and O–H groups in total. The highest BCUT2D eigenvalue weighted by Crippen LogP contribution is 2.34. The topological polar surface area (TPSA) is 79.6 Å². The van der Waals surface area contributed by atoms with Crippen molar-refractivity contribution in [2.24, 2.45) is 0 Å². The molecule has 0 radical (unpaired) electrons. The summed E-state index contributed by atoms with van der Waals surface area (Å²) in [5.41, 5.74) is 2.04. The molecule has 1 unspecified atom stereocenters. The molecule has 0 bridgehead atoms. The average molecular weight is 334 g/mol. The number of carbonyl (C=O) groups is 1. The lowest BCUT2D eigenvalue weighted by Gasteiger charge is -2.21. The van der Waals surface area contributed by atoms with Crippen LogP contribution in [0.25, 0.3) is 0 Å². The van der Waals surface area contributed by atoms with Crippen molar-refractivity contribution in [3.8, 4) is 0 Å². The standard InChI is InChI=1S/C16H18N2O4S/c1-11-8-13-9-12(5-6-15(13)18(11)23(2,20)21)16(19)17-10-14-4-3-7-22-14/h3-7,9,11H,8,10H2,1-2H3,(H,17,19). The fourth-order valence-corrected chi connectivity index (χ4v) is 4.20. The van der Waals surface area contributed by atoms with Crippen molar-refractivity contribution in [2.45, 2.75) is 25.9 Å². The Morgan fingerprint density at radius 1 is 1.39 bits per heavy atom. The summed E-state index contributed by atoms with van der Waals surface area (Å²) in [6.07, 6.45) is 3.35. The molecule has 1 aliphatic rings. The Labute approximate surface area is 135 Å². The van der Waals surface area contributed by atoms with Gasteiger partial charge < -0.3 is 9.73 Å². The second kappa shape index (κ2) is 5.73. The highest BCUT2D eigenvalue weighted by molar-refractivity contribution is 7.92. The van der Waals surface area contributed by atoms with Crippen LogP contribution >= 0.6 is 0 Å². The van der Waals surface area contributed by atoms with Gasteiger partial charge >= 0.3 is 0 Å². The number of nitrogens with one attached hydrogen (secondary N) is 1. The van der Waals surface area contributed by atoms with Crippen molar-refractivity contribution in [3.05, 3.63) is 53.5 Å². The highest BCUT2D eigenvalue weighted by atomic mass is 32.2. The van der Waals surface area contributed by atoms with Crippen molar-refractivity contribution >= 4 is 21.6 Å².